The molecule has 2 aliphatic heterocycles. The van der Waals surface area contributed by atoms with Crippen LogP contribution in [-0.2, 0) is 11.2 Å². The summed E-state index contributed by atoms with van der Waals surface area (Å²) in [4.78, 5) is 31.3. The first-order chi connectivity index (χ1) is 12.6. The summed E-state index contributed by atoms with van der Waals surface area (Å²) in [7, 11) is 0. The zero-order valence-electron chi connectivity index (χ0n) is 13.9. The normalized spacial score (nSPS) is 19.5. The molecule has 0 aliphatic carbocycles. The molecule has 2 N–H and O–H groups in total. The molecule has 26 heavy (non-hydrogen) atoms. The van der Waals surface area contributed by atoms with Crippen molar-refractivity contribution < 1.29 is 18.7 Å². The number of ether oxygens (including phenoxy) is 1. The van der Waals surface area contributed by atoms with Crippen molar-refractivity contribution in [2.45, 2.75) is 12.5 Å². The Kier molecular flexibility index (Phi) is 4.04. The minimum Gasteiger partial charge on any atom is -0.443 e. The number of hydrogen-bond donors (Lipinski definition) is 1. The summed E-state index contributed by atoms with van der Waals surface area (Å²) in [6, 6.07) is 6.00. The average Bonchev–Trinajstić information content (AvgIpc) is 3.04. The van der Waals surface area contributed by atoms with Gasteiger partial charge in [0.25, 0.3) is 5.91 Å². The Hall–Kier alpha value is -3.00. The van der Waals surface area contributed by atoms with Gasteiger partial charge in [0.15, 0.2) is 0 Å². The van der Waals surface area contributed by atoms with Crippen LogP contribution < -0.4 is 15.5 Å². The number of cyclic esters (lactones) is 1. The summed E-state index contributed by atoms with van der Waals surface area (Å²) in [6.07, 6.45) is 2.86. The molecule has 134 valence electrons. The summed E-state index contributed by atoms with van der Waals surface area (Å²) < 4.78 is 19.8. The Labute approximate surface area is 149 Å². The first kappa shape index (κ1) is 16.5. The number of halogens is 1. The zero-order chi connectivity index (χ0) is 18.3. The largest absolute Gasteiger partial charge is 0.443 e. The lowest BCUT2D eigenvalue weighted by molar-refractivity contribution is 0.0979. The third kappa shape index (κ3) is 2.68. The highest BCUT2D eigenvalue weighted by Crippen LogP contribution is 2.30. The van der Waals surface area contributed by atoms with Crippen molar-refractivity contribution in [2.24, 2.45) is 5.73 Å². The van der Waals surface area contributed by atoms with Crippen molar-refractivity contribution in [2.75, 3.05) is 29.4 Å². The molecule has 7 nitrogen and oxygen atoms in total. The molecule has 1 fully saturated rings. The van der Waals surface area contributed by atoms with Crippen molar-refractivity contribution >= 4 is 23.4 Å². The van der Waals surface area contributed by atoms with E-state index in [-0.39, 0.29) is 24.7 Å². The number of benzene rings is 1. The number of fused-ring (bicyclic) bond motifs is 1. The molecule has 1 aromatic heterocycles. The molecule has 4 rings (SSSR count). The van der Waals surface area contributed by atoms with Gasteiger partial charge in [-0.15, -0.1) is 0 Å². The van der Waals surface area contributed by atoms with E-state index in [1.54, 1.807) is 24.5 Å². The Bertz CT molecular complexity index is 888. The average molecular weight is 356 g/mol. The van der Waals surface area contributed by atoms with Gasteiger partial charge in [0.05, 0.1) is 17.9 Å². The van der Waals surface area contributed by atoms with E-state index in [2.05, 4.69) is 4.98 Å². The third-order valence-corrected chi connectivity index (χ3v) is 4.65. The van der Waals surface area contributed by atoms with Crippen molar-refractivity contribution in [1.29, 1.82) is 0 Å². The maximum absolute atomic E-state index is 14.7. The molecule has 1 aromatic carbocycles. The Morgan fingerprint density at radius 1 is 1.27 bits per heavy atom. The number of nitrogens with zero attached hydrogens (tertiary/aromatic N) is 3. The van der Waals surface area contributed by atoms with Gasteiger partial charge in [0, 0.05) is 31.0 Å². The number of anilines is 2. The number of carbonyl (C=O) groups is 2. The second-order valence-corrected chi connectivity index (χ2v) is 6.23. The Morgan fingerprint density at radius 3 is 2.85 bits per heavy atom. The highest BCUT2D eigenvalue weighted by atomic mass is 19.1. The lowest BCUT2D eigenvalue weighted by Crippen LogP contribution is -2.38. The quantitative estimate of drug-likeness (QED) is 0.904. The first-order valence-corrected chi connectivity index (χ1v) is 8.31. The van der Waals surface area contributed by atoms with Gasteiger partial charge in [0.1, 0.15) is 11.9 Å². The summed E-state index contributed by atoms with van der Waals surface area (Å²) >= 11 is 0. The number of amides is 2. The number of rotatable bonds is 3. The van der Waals surface area contributed by atoms with Gasteiger partial charge in [-0.25, -0.2) is 9.18 Å². The van der Waals surface area contributed by atoms with Crippen LogP contribution >= 0.6 is 0 Å². The zero-order valence-corrected chi connectivity index (χ0v) is 13.9. The monoisotopic (exact) mass is 356 g/mol. The van der Waals surface area contributed by atoms with Gasteiger partial charge in [-0.3, -0.25) is 14.7 Å². The highest BCUT2D eigenvalue weighted by molar-refractivity contribution is 6.08. The molecule has 1 unspecified atom stereocenters. The summed E-state index contributed by atoms with van der Waals surface area (Å²) in [6.45, 7) is 0.852. The van der Waals surface area contributed by atoms with E-state index in [1.165, 1.54) is 21.9 Å². The highest BCUT2D eigenvalue weighted by Gasteiger charge is 2.33. The van der Waals surface area contributed by atoms with E-state index in [9.17, 15) is 14.0 Å². The van der Waals surface area contributed by atoms with E-state index in [1.807, 2.05) is 0 Å². The molecule has 1 saturated heterocycles. The maximum atomic E-state index is 14.7. The van der Waals surface area contributed by atoms with Gasteiger partial charge in [0.2, 0.25) is 0 Å². The fourth-order valence-electron chi connectivity index (χ4n) is 3.28. The fourth-order valence-corrected chi connectivity index (χ4v) is 3.28. The second kappa shape index (κ2) is 6.38. The van der Waals surface area contributed by atoms with Crippen molar-refractivity contribution in [3.8, 4) is 0 Å². The third-order valence-electron chi connectivity index (χ3n) is 4.65. The van der Waals surface area contributed by atoms with Gasteiger partial charge >= 0.3 is 6.09 Å². The fraction of sp³-hybridized carbons (Fsp3) is 0.278. The van der Waals surface area contributed by atoms with Crippen LogP contribution in [0.2, 0.25) is 0 Å². The standard InChI is InChI=1S/C18H17FN4O3/c19-15-7-12(23-10-13(8-20)26-18(23)25)1-2-16(15)22-6-4-11-9-21-5-3-14(11)17(22)24/h1-3,5,7,9,13H,4,6,8,10,20H2. The SMILES string of the molecule is NCC1CN(c2ccc(N3CCc4cnccc4C3=O)c(F)c2)C(=O)O1. The van der Waals surface area contributed by atoms with Crippen LogP contribution in [0.1, 0.15) is 15.9 Å². The molecule has 1 atom stereocenters. The van der Waals surface area contributed by atoms with E-state index in [4.69, 9.17) is 10.5 Å². The Balaban J connectivity index is 1.61. The van der Waals surface area contributed by atoms with Gasteiger partial charge < -0.3 is 15.4 Å². The number of aromatic nitrogens is 1. The molecular weight excluding hydrogens is 339 g/mol. The second-order valence-electron chi connectivity index (χ2n) is 6.23. The van der Waals surface area contributed by atoms with Crippen LogP contribution in [0.3, 0.4) is 0 Å². The molecular formula is C18H17FN4O3. The summed E-state index contributed by atoms with van der Waals surface area (Å²) in [5.41, 5.74) is 7.47. The van der Waals surface area contributed by atoms with Crippen LogP contribution in [0, 0.1) is 5.82 Å². The smallest absolute Gasteiger partial charge is 0.414 e. The topological polar surface area (TPSA) is 88.8 Å². The van der Waals surface area contributed by atoms with Crippen molar-refractivity contribution in [1.82, 2.24) is 4.98 Å². The number of pyridine rings is 1. The maximum Gasteiger partial charge on any atom is 0.414 e. The summed E-state index contributed by atoms with van der Waals surface area (Å²) in [5.74, 6) is -0.832. The molecule has 0 saturated carbocycles. The van der Waals surface area contributed by atoms with Gasteiger partial charge in [-0.2, -0.15) is 0 Å². The molecule has 3 heterocycles. The van der Waals surface area contributed by atoms with Gasteiger partial charge in [-0.05, 0) is 36.2 Å². The minimum atomic E-state index is -0.572. The van der Waals surface area contributed by atoms with Crippen LogP contribution in [0.4, 0.5) is 20.6 Å². The van der Waals surface area contributed by atoms with E-state index in [0.29, 0.717) is 24.2 Å². The minimum absolute atomic E-state index is 0.184. The molecule has 2 aliphatic rings. The van der Waals surface area contributed by atoms with Crippen molar-refractivity contribution in [3.63, 3.8) is 0 Å². The lowest BCUT2D eigenvalue weighted by Gasteiger charge is -2.29. The molecule has 2 amide bonds. The first-order valence-electron chi connectivity index (χ1n) is 8.31. The molecule has 0 spiro atoms. The van der Waals surface area contributed by atoms with E-state index < -0.39 is 18.0 Å². The molecule has 8 heteroatoms. The van der Waals surface area contributed by atoms with Crippen LogP contribution in [0.5, 0.6) is 0 Å². The van der Waals surface area contributed by atoms with Crippen LogP contribution in [-0.4, -0.2) is 42.7 Å². The van der Waals surface area contributed by atoms with Crippen molar-refractivity contribution in [3.05, 3.63) is 53.6 Å². The number of hydrogen-bond acceptors (Lipinski definition) is 5. The summed E-state index contributed by atoms with van der Waals surface area (Å²) in [5, 5.41) is 0. The van der Waals surface area contributed by atoms with E-state index >= 15 is 0 Å². The lowest BCUT2D eigenvalue weighted by atomic mass is 10.0. The molecule has 2 aromatic rings. The van der Waals surface area contributed by atoms with Crippen LogP contribution in [0.25, 0.3) is 0 Å². The predicted molar refractivity (Wildman–Crippen MR) is 92.7 cm³/mol. The van der Waals surface area contributed by atoms with E-state index in [0.717, 1.165) is 5.56 Å². The van der Waals surface area contributed by atoms with Crippen LogP contribution in [0.15, 0.2) is 36.7 Å². The molecule has 0 radical (unpaired) electrons. The predicted octanol–water partition coefficient (Wildman–Crippen LogP) is 1.71. The molecule has 0 bridgehead atoms. The number of carbonyl (C=O) groups excluding carboxylic acids is 2. The van der Waals surface area contributed by atoms with Gasteiger partial charge in [-0.1, -0.05) is 0 Å². The Morgan fingerprint density at radius 2 is 2.12 bits per heavy atom. The number of nitrogens with two attached hydrogens (primary N) is 1.